The molecule has 0 radical (unpaired) electrons. The summed E-state index contributed by atoms with van der Waals surface area (Å²) in [4.78, 5) is 4.13. The van der Waals surface area contributed by atoms with Gasteiger partial charge in [0, 0.05) is 29.5 Å². The van der Waals surface area contributed by atoms with Crippen molar-refractivity contribution in [1.82, 2.24) is 9.55 Å². The van der Waals surface area contributed by atoms with Crippen LogP contribution in [-0.4, -0.2) is 34.7 Å². The summed E-state index contributed by atoms with van der Waals surface area (Å²) < 4.78 is 20.4. The van der Waals surface area contributed by atoms with E-state index in [1.54, 1.807) is 12.5 Å². The average molecular weight is 414 g/mol. The first kappa shape index (κ1) is 19.8. The molecule has 1 aliphatic heterocycles. The van der Waals surface area contributed by atoms with E-state index in [0.717, 1.165) is 17.2 Å². The summed E-state index contributed by atoms with van der Waals surface area (Å²) in [6, 6.07) is 15.2. The molecular weight excluding hydrogens is 390 g/mol. The molecule has 29 heavy (non-hydrogen) atoms. The van der Waals surface area contributed by atoms with Crippen molar-refractivity contribution < 1.29 is 14.2 Å². The standard InChI is InChI=1S/C22H24ClN3O3/c23-18-3-1-17(2-4-18)9-10-22(15-26-12-11-25-16-26)28-14-21(29-22)13-27-20-7-5-19(24)6-8-20/h1-8,11-12,16,21H,9-10,13-15,24H2/t21-,22+/m1/s1. The lowest BCUT2D eigenvalue weighted by molar-refractivity contribution is -0.184. The molecular formula is C22H24ClN3O3. The van der Waals surface area contributed by atoms with Gasteiger partial charge in [0.25, 0.3) is 0 Å². The fourth-order valence-electron chi connectivity index (χ4n) is 3.39. The molecule has 3 aromatic rings. The smallest absolute Gasteiger partial charge is 0.187 e. The number of hydrogen-bond donors (Lipinski definition) is 1. The Kier molecular flexibility index (Phi) is 6.04. The van der Waals surface area contributed by atoms with E-state index in [2.05, 4.69) is 4.98 Å². The second-order valence-electron chi connectivity index (χ2n) is 7.20. The second-order valence-corrected chi connectivity index (χ2v) is 7.64. The molecule has 4 rings (SSSR count). The molecule has 1 fully saturated rings. The highest BCUT2D eigenvalue weighted by Crippen LogP contribution is 2.31. The third-order valence-corrected chi connectivity index (χ3v) is 5.17. The summed E-state index contributed by atoms with van der Waals surface area (Å²) in [6.45, 7) is 1.46. The van der Waals surface area contributed by atoms with Crippen LogP contribution in [-0.2, 0) is 22.4 Å². The predicted molar refractivity (Wildman–Crippen MR) is 112 cm³/mol. The summed E-state index contributed by atoms with van der Waals surface area (Å²) in [6.07, 6.45) is 6.82. The van der Waals surface area contributed by atoms with Gasteiger partial charge in [-0.2, -0.15) is 0 Å². The van der Waals surface area contributed by atoms with Gasteiger partial charge < -0.3 is 24.5 Å². The minimum absolute atomic E-state index is 0.152. The van der Waals surface area contributed by atoms with Crippen LogP contribution >= 0.6 is 11.6 Å². The molecule has 2 aromatic carbocycles. The molecule has 1 saturated heterocycles. The maximum Gasteiger partial charge on any atom is 0.187 e. The zero-order valence-electron chi connectivity index (χ0n) is 16.0. The van der Waals surface area contributed by atoms with E-state index in [1.807, 2.05) is 59.3 Å². The number of nitrogens with zero attached hydrogens (tertiary/aromatic N) is 2. The Morgan fingerprint density at radius 1 is 1.17 bits per heavy atom. The molecule has 1 aromatic heterocycles. The molecule has 0 aliphatic carbocycles. The Bertz CT molecular complexity index is 900. The van der Waals surface area contributed by atoms with Gasteiger partial charge in [0.05, 0.1) is 19.5 Å². The lowest BCUT2D eigenvalue weighted by Gasteiger charge is -2.28. The first-order valence-corrected chi connectivity index (χ1v) is 9.98. The van der Waals surface area contributed by atoms with Gasteiger partial charge in [0.2, 0.25) is 0 Å². The monoisotopic (exact) mass is 413 g/mol. The molecule has 0 amide bonds. The van der Waals surface area contributed by atoms with Crippen molar-refractivity contribution in [2.45, 2.75) is 31.3 Å². The average Bonchev–Trinajstić information content (AvgIpc) is 3.38. The van der Waals surface area contributed by atoms with Gasteiger partial charge >= 0.3 is 0 Å². The number of hydrogen-bond acceptors (Lipinski definition) is 5. The van der Waals surface area contributed by atoms with Gasteiger partial charge in [-0.3, -0.25) is 0 Å². The van der Waals surface area contributed by atoms with Crippen LogP contribution in [0.2, 0.25) is 5.02 Å². The Morgan fingerprint density at radius 3 is 2.69 bits per heavy atom. The number of aryl methyl sites for hydroxylation is 1. The van der Waals surface area contributed by atoms with Crippen LogP contribution in [0.5, 0.6) is 5.75 Å². The number of nitrogen functional groups attached to an aromatic ring is 1. The van der Waals surface area contributed by atoms with E-state index >= 15 is 0 Å². The van der Waals surface area contributed by atoms with Crippen LogP contribution in [0.1, 0.15) is 12.0 Å². The Hall–Kier alpha value is -2.54. The quantitative estimate of drug-likeness (QED) is 0.566. The largest absolute Gasteiger partial charge is 0.491 e. The van der Waals surface area contributed by atoms with E-state index in [1.165, 1.54) is 5.56 Å². The normalized spacial score (nSPS) is 21.3. The van der Waals surface area contributed by atoms with Crippen LogP contribution in [0, 0.1) is 0 Å². The summed E-state index contributed by atoms with van der Waals surface area (Å²) in [5.74, 6) is 0.0335. The van der Waals surface area contributed by atoms with Gasteiger partial charge in [-0.25, -0.2) is 4.98 Å². The number of imidazole rings is 1. The lowest BCUT2D eigenvalue weighted by atomic mass is 10.0. The number of rotatable bonds is 8. The lowest BCUT2D eigenvalue weighted by Crippen LogP contribution is -2.37. The maximum absolute atomic E-state index is 6.37. The Balaban J connectivity index is 1.40. The molecule has 0 bridgehead atoms. The second kappa shape index (κ2) is 8.86. The van der Waals surface area contributed by atoms with E-state index in [-0.39, 0.29) is 6.10 Å². The van der Waals surface area contributed by atoms with E-state index in [9.17, 15) is 0 Å². The Labute approximate surface area is 175 Å². The molecule has 0 spiro atoms. The number of nitrogens with two attached hydrogens (primary N) is 1. The molecule has 2 atom stereocenters. The van der Waals surface area contributed by atoms with Gasteiger partial charge in [-0.1, -0.05) is 23.7 Å². The molecule has 0 unspecified atom stereocenters. The first-order chi connectivity index (χ1) is 14.1. The highest BCUT2D eigenvalue weighted by Gasteiger charge is 2.42. The minimum atomic E-state index is -0.727. The summed E-state index contributed by atoms with van der Waals surface area (Å²) >= 11 is 5.99. The van der Waals surface area contributed by atoms with Crippen molar-refractivity contribution in [1.29, 1.82) is 0 Å². The number of aromatic nitrogens is 2. The number of ether oxygens (including phenoxy) is 3. The predicted octanol–water partition coefficient (Wildman–Crippen LogP) is 3.94. The fraction of sp³-hybridized carbons (Fsp3) is 0.318. The van der Waals surface area contributed by atoms with Gasteiger partial charge in [-0.05, 0) is 48.4 Å². The van der Waals surface area contributed by atoms with E-state index in [4.69, 9.17) is 31.5 Å². The first-order valence-electron chi connectivity index (χ1n) is 9.61. The van der Waals surface area contributed by atoms with E-state index in [0.29, 0.717) is 31.9 Å². The van der Waals surface area contributed by atoms with Crippen molar-refractivity contribution in [3.05, 3.63) is 77.8 Å². The van der Waals surface area contributed by atoms with Gasteiger partial charge in [-0.15, -0.1) is 0 Å². The van der Waals surface area contributed by atoms with Crippen LogP contribution < -0.4 is 10.5 Å². The van der Waals surface area contributed by atoms with Crippen molar-refractivity contribution in [2.75, 3.05) is 18.9 Å². The molecule has 2 N–H and O–H groups in total. The maximum atomic E-state index is 6.37. The van der Waals surface area contributed by atoms with Gasteiger partial charge in [0.1, 0.15) is 18.5 Å². The van der Waals surface area contributed by atoms with Crippen molar-refractivity contribution in [3.63, 3.8) is 0 Å². The molecule has 1 aliphatic rings. The third-order valence-electron chi connectivity index (χ3n) is 4.92. The number of halogens is 1. The zero-order chi connectivity index (χ0) is 20.1. The summed E-state index contributed by atoms with van der Waals surface area (Å²) in [5.41, 5.74) is 7.62. The van der Waals surface area contributed by atoms with Crippen molar-refractivity contribution in [2.24, 2.45) is 0 Å². The van der Waals surface area contributed by atoms with Crippen LogP contribution in [0.4, 0.5) is 5.69 Å². The number of anilines is 1. The molecule has 0 saturated carbocycles. The zero-order valence-corrected chi connectivity index (χ0v) is 16.8. The van der Waals surface area contributed by atoms with Crippen LogP contribution in [0.15, 0.2) is 67.3 Å². The van der Waals surface area contributed by atoms with Gasteiger partial charge in [0.15, 0.2) is 5.79 Å². The molecule has 7 heteroatoms. The van der Waals surface area contributed by atoms with Crippen LogP contribution in [0.3, 0.4) is 0 Å². The van der Waals surface area contributed by atoms with Crippen molar-refractivity contribution >= 4 is 17.3 Å². The minimum Gasteiger partial charge on any atom is -0.491 e. The van der Waals surface area contributed by atoms with Crippen LogP contribution in [0.25, 0.3) is 0 Å². The fourth-order valence-corrected chi connectivity index (χ4v) is 3.52. The highest BCUT2D eigenvalue weighted by atomic mass is 35.5. The SMILES string of the molecule is Nc1ccc(OC[C@@H]2CO[C@](CCc3ccc(Cl)cc3)(Cn3ccnc3)O2)cc1. The number of benzene rings is 2. The third kappa shape index (κ3) is 5.29. The molecule has 2 heterocycles. The van der Waals surface area contributed by atoms with Crippen molar-refractivity contribution in [3.8, 4) is 5.75 Å². The molecule has 152 valence electrons. The Morgan fingerprint density at radius 2 is 1.97 bits per heavy atom. The van der Waals surface area contributed by atoms with E-state index < -0.39 is 5.79 Å². The summed E-state index contributed by atoms with van der Waals surface area (Å²) in [5, 5.41) is 0.732. The molecule has 6 nitrogen and oxygen atoms in total. The topological polar surface area (TPSA) is 71.5 Å². The highest BCUT2D eigenvalue weighted by molar-refractivity contribution is 6.30. The summed E-state index contributed by atoms with van der Waals surface area (Å²) in [7, 11) is 0.